The van der Waals surface area contributed by atoms with Gasteiger partial charge in [-0.25, -0.2) is 0 Å². The molecule has 1 saturated heterocycles. The molecule has 0 radical (unpaired) electrons. The van der Waals surface area contributed by atoms with Crippen molar-refractivity contribution in [3.05, 3.63) is 69.7 Å². The van der Waals surface area contributed by atoms with Gasteiger partial charge in [0.1, 0.15) is 0 Å². The molecule has 0 saturated carbocycles. The molecule has 0 spiro atoms. The third-order valence-electron chi connectivity index (χ3n) is 3.34. The minimum Gasteiger partial charge on any atom is -0.303 e. The average Bonchev–Trinajstić information content (AvgIpc) is 2.91. The molecular formula is C17H13Cl2N3OS. The lowest BCUT2D eigenvalue weighted by atomic mass is 10.1. The molecule has 1 fully saturated rings. The number of hydrogen-bond acceptors (Lipinski definition) is 4. The molecular weight excluding hydrogens is 365 g/mol. The van der Waals surface area contributed by atoms with Gasteiger partial charge in [0.2, 0.25) is 5.91 Å². The van der Waals surface area contributed by atoms with Crippen LogP contribution in [-0.4, -0.2) is 22.5 Å². The van der Waals surface area contributed by atoms with Gasteiger partial charge in [0.25, 0.3) is 0 Å². The van der Waals surface area contributed by atoms with E-state index in [2.05, 4.69) is 15.5 Å². The largest absolute Gasteiger partial charge is 0.303 e. The molecule has 122 valence electrons. The third kappa shape index (κ3) is 4.60. The van der Waals surface area contributed by atoms with Crippen molar-refractivity contribution >= 4 is 52.3 Å². The Balaban J connectivity index is 1.61. The number of halogens is 2. The van der Waals surface area contributed by atoms with Crippen molar-refractivity contribution in [2.45, 2.75) is 11.7 Å². The summed E-state index contributed by atoms with van der Waals surface area (Å²) in [5.74, 6) is -0.0598. The highest BCUT2D eigenvalue weighted by Gasteiger charge is 2.30. The molecule has 1 amide bonds. The monoisotopic (exact) mass is 377 g/mol. The van der Waals surface area contributed by atoms with Gasteiger partial charge in [-0.1, -0.05) is 59.2 Å². The molecule has 2 aromatic rings. The van der Waals surface area contributed by atoms with Crippen molar-refractivity contribution in [3.63, 3.8) is 0 Å². The summed E-state index contributed by atoms with van der Waals surface area (Å²) in [6.07, 6.45) is 2.23. The molecule has 0 unspecified atom stereocenters. The Morgan fingerprint density at radius 3 is 2.33 bits per heavy atom. The summed E-state index contributed by atoms with van der Waals surface area (Å²) in [5.41, 5.74) is 1.94. The Morgan fingerprint density at radius 2 is 1.67 bits per heavy atom. The van der Waals surface area contributed by atoms with Crippen LogP contribution in [-0.2, 0) is 11.2 Å². The van der Waals surface area contributed by atoms with Gasteiger partial charge in [0.05, 0.1) is 11.5 Å². The van der Waals surface area contributed by atoms with E-state index in [1.165, 1.54) is 11.8 Å². The summed E-state index contributed by atoms with van der Waals surface area (Å²) in [4.78, 5) is 12.0. The maximum atomic E-state index is 12.0. The van der Waals surface area contributed by atoms with E-state index in [0.717, 1.165) is 11.1 Å². The van der Waals surface area contributed by atoms with Gasteiger partial charge < -0.3 is 5.32 Å². The summed E-state index contributed by atoms with van der Waals surface area (Å²) >= 11 is 13.1. The second-order valence-electron chi connectivity index (χ2n) is 5.13. The summed E-state index contributed by atoms with van der Waals surface area (Å²) < 4.78 is 0. The molecule has 2 aromatic carbocycles. The number of benzene rings is 2. The molecule has 0 bridgehead atoms. The van der Waals surface area contributed by atoms with E-state index < -0.39 is 0 Å². The number of rotatable bonds is 4. The van der Waals surface area contributed by atoms with Gasteiger partial charge >= 0.3 is 0 Å². The van der Waals surface area contributed by atoms with Gasteiger partial charge in [0.15, 0.2) is 5.17 Å². The smallest absolute Gasteiger partial charge is 0.239 e. The fourth-order valence-corrected chi connectivity index (χ4v) is 3.33. The minimum atomic E-state index is -0.212. The SMILES string of the molecule is O=C1N/C(=N\N=C/c2ccc(Cl)cc2)S[C@@H]1Cc1ccc(Cl)cc1. The Hall–Kier alpha value is -1.82. The second kappa shape index (κ2) is 7.83. The first-order valence-electron chi connectivity index (χ1n) is 7.19. The van der Waals surface area contributed by atoms with Crippen LogP contribution in [0.15, 0.2) is 58.7 Å². The van der Waals surface area contributed by atoms with Crippen LogP contribution in [0.25, 0.3) is 0 Å². The second-order valence-corrected chi connectivity index (χ2v) is 7.19. The normalized spacial score (nSPS) is 19.2. The molecule has 4 nitrogen and oxygen atoms in total. The summed E-state index contributed by atoms with van der Waals surface area (Å²) in [6, 6.07) is 14.7. The average molecular weight is 378 g/mol. The fraction of sp³-hybridized carbons (Fsp3) is 0.118. The summed E-state index contributed by atoms with van der Waals surface area (Å²) in [5, 5.41) is 12.5. The van der Waals surface area contributed by atoms with Gasteiger partial charge in [-0.3, -0.25) is 4.79 Å². The third-order valence-corrected chi connectivity index (χ3v) is 4.91. The number of carbonyl (C=O) groups is 1. The molecule has 3 rings (SSSR count). The standard InChI is InChI=1S/C17H13Cl2N3OS/c18-13-5-1-11(2-6-13)9-15-16(23)21-17(24-15)22-20-10-12-3-7-14(19)8-4-12/h1-8,10,15H,9H2,(H,21,22,23)/b20-10-/t15-/m1/s1. The van der Waals surface area contributed by atoms with Crippen molar-refractivity contribution in [1.29, 1.82) is 0 Å². The number of carbonyl (C=O) groups excluding carboxylic acids is 1. The van der Waals surface area contributed by atoms with E-state index in [1.54, 1.807) is 18.3 Å². The topological polar surface area (TPSA) is 53.8 Å². The van der Waals surface area contributed by atoms with Crippen LogP contribution in [0.5, 0.6) is 0 Å². The number of hydrogen-bond donors (Lipinski definition) is 1. The van der Waals surface area contributed by atoms with Crippen LogP contribution in [0.1, 0.15) is 11.1 Å². The Kier molecular flexibility index (Phi) is 5.56. The predicted molar refractivity (Wildman–Crippen MR) is 101 cm³/mol. The quantitative estimate of drug-likeness (QED) is 0.642. The molecule has 0 aliphatic carbocycles. The van der Waals surface area contributed by atoms with Crippen LogP contribution in [0.2, 0.25) is 10.0 Å². The van der Waals surface area contributed by atoms with Gasteiger partial charge in [0, 0.05) is 10.0 Å². The van der Waals surface area contributed by atoms with Crippen molar-refractivity contribution in [3.8, 4) is 0 Å². The van der Waals surface area contributed by atoms with Crippen molar-refractivity contribution in [1.82, 2.24) is 5.32 Å². The highest BCUT2D eigenvalue weighted by atomic mass is 35.5. The zero-order valence-corrected chi connectivity index (χ0v) is 14.8. The fourth-order valence-electron chi connectivity index (χ4n) is 2.12. The van der Waals surface area contributed by atoms with Gasteiger partial charge in [-0.15, -0.1) is 5.10 Å². The van der Waals surface area contributed by atoms with Crippen LogP contribution >= 0.6 is 35.0 Å². The lowest BCUT2D eigenvalue weighted by Gasteiger charge is -2.05. The van der Waals surface area contributed by atoms with E-state index >= 15 is 0 Å². The maximum Gasteiger partial charge on any atom is 0.239 e. The van der Waals surface area contributed by atoms with E-state index in [-0.39, 0.29) is 11.2 Å². The summed E-state index contributed by atoms with van der Waals surface area (Å²) in [6.45, 7) is 0. The molecule has 1 heterocycles. The predicted octanol–water partition coefficient (Wildman–Crippen LogP) is 4.16. The number of amidine groups is 1. The first-order valence-corrected chi connectivity index (χ1v) is 8.82. The molecule has 1 atom stereocenters. The molecule has 1 aliphatic heterocycles. The number of nitrogens with zero attached hydrogens (tertiary/aromatic N) is 2. The molecule has 1 N–H and O–H groups in total. The zero-order valence-electron chi connectivity index (χ0n) is 12.4. The van der Waals surface area contributed by atoms with Crippen LogP contribution in [0, 0.1) is 0 Å². The lowest BCUT2D eigenvalue weighted by Crippen LogP contribution is -2.25. The molecule has 0 aromatic heterocycles. The Morgan fingerprint density at radius 1 is 1.04 bits per heavy atom. The van der Waals surface area contributed by atoms with Crippen molar-refractivity contribution in [2.75, 3.05) is 0 Å². The first-order chi connectivity index (χ1) is 11.6. The number of thioether (sulfide) groups is 1. The van der Waals surface area contributed by atoms with Gasteiger partial charge in [-0.2, -0.15) is 5.10 Å². The Labute approximate surface area is 154 Å². The van der Waals surface area contributed by atoms with Crippen molar-refractivity contribution < 1.29 is 4.79 Å². The Bertz CT molecular complexity index is 788. The van der Waals surface area contributed by atoms with E-state index in [4.69, 9.17) is 23.2 Å². The van der Waals surface area contributed by atoms with Crippen molar-refractivity contribution in [2.24, 2.45) is 10.2 Å². The molecule has 1 aliphatic rings. The minimum absolute atomic E-state index is 0.0598. The lowest BCUT2D eigenvalue weighted by molar-refractivity contribution is -0.118. The van der Waals surface area contributed by atoms with Crippen LogP contribution < -0.4 is 5.32 Å². The summed E-state index contributed by atoms with van der Waals surface area (Å²) in [7, 11) is 0. The first kappa shape index (κ1) is 17.0. The zero-order chi connectivity index (χ0) is 16.9. The van der Waals surface area contributed by atoms with E-state index in [1.807, 2.05) is 36.4 Å². The highest BCUT2D eigenvalue weighted by Crippen LogP contribution is 2.24. The molecule has 7 heteroatoms. The maximum absolute atomic E-state index is 12.0. The van der Waals surface area contributed by atoms with Crippen LogP contribution in [0.3, 0.4) is 0 Å². The highest BCUT2D eigenvalue weighted by molar-refractivity contribution is 8.15. The molecule has 24 heavy (non-hydrogen) atoms. The van der Waals surface area contributed by atoms with E-state index in [9.17, 15) is 4.79 Å². The van der Waals surface area contributed by atoms with Gasteiger partial charge in [-0.05, 0) is 41.8 Å². The van der Waals surface area contributed by atoms with Crippen LogP contribution in [0.4, 0.5) is 0 Å². The number of amides is 1. The van der Waals surface area contributed by atoms with E-state index in [0.29, 0.717) is 21.6 Å². The number of nitrogens with one attached hydrogen (secondary N) is 1.